The first kappa shape index (κ1) is 21.9. The lowest BCUT2D eigenvalue weighted by Gasteiger charge is -2.34. The zero-order chi connectivity index (χ0) is 21.6. The molecule has 3 rings (SSSR count). The van der Waals surface area contributed by atoms with Crippen LogP contribution in [0.3, 0.4) is 0 Å². The third-order valence-electron chi connectivity index (χ3n) is 4.79. The Morgan fingerprint density at radius 3 is 2.27 bits per heavy atom. The molecule has 6 nitrogen and oxygen atoms in total. The lowest BCUT2D eigenvalue weighted by atomic mass is 10.1. The summed E-state index contributed by atoms with van der Waals surface area (Å²) in [7, 11) is 1.66. The van der Waals surface area contributed by atoms with Crippen molar-refractivity contribution in [2.24, 2.45) is 0 Å². The molecule has 1 aliphatic rings. The average molecular weight is 423 g/mol. The van der Waals surface area contributed by atoms with E-state index in [0.29, 0.717) is 5.69 Å². The third kappa shape index (κ3) is 6.64. The second kappa shape index (κ2) is 9.82. The van der Waals surface area contributed by atoms with Crippen molar-refractivity contribution in [3.05, 3.63) is 54.1 Å². The molecule has 0 unspecified atom stereocenters. The van der Waals surface area contributed by atoms with Crippen LogP contribution < -0.4 is 14.8 Å². The number of carbonyl (C=O) groups excluding carboxylic acids is 1. The van der Waals surface area contributed by atoms with Crippen molar-refractivity contribution in [1.82, 2.24) is 9.80 Å². The van der Waals surface area contributed by atoms with E-state index in [1.807, 2.05) is 24.3 Å². The number of piperazine rings is 1. The summed E-state index contributed by atoms with van der Waals surface area (Å²) < 4.78 is 45.8. The summed E-state index contributed by atoms with van der Waals surface area (Å²) in [6, 6.07) is 13.0. The van der Waals surface area contributed by atoms with Gasteiger partial charge in [-0.05, 0) is 30.3 Å². The van der Waals surface area contributed by atoms with E-state index in [4.69, 9.17) is 4.74 Å². The molecule has 0 saturated carbocycles. The predicted octanol–water partition coefficient (Wildman–Crippen LogP) is 3.35. The van der Waals surface area contributed by atoms with Crippen LogP contribution in [0.4, 0.5) is 18.9 Å². The average Bonchev–Trinajstić information content (AvgIpc) is 2.70. The molecule has 1 N–H and O–H groups in total. The van der Waals surface area contributed by atoms with Crippen molar-refractivity contribution < 1.29 is 27.4 Å². The van der Waals surface area contributed by atoms with Crippen LogP contribution in [0.1, 0.15) is 5.56 Å². The number of nitrogens with one attached hydrogen (secondary N) is 1. The second-order valence-corrected chi connectivity index (χ2v) is 6.98. The monoisotopic (exact) mass is 423 g/mol. The summed E-state index contributed by atoms with van der Waals surface area (Å²) in [5, 5.41) is 2.70. The summed E-state index contributed by atoms with van der Waals surface area (Å²) in [5.74, 6) is 0.329. The summed E-state index contributed by atoms with van der Waals surface area (Å²) in [4.78, 5) is 16.6. The molecule has 2 aromatic carbocycles. The maximum Gasteiger partial charge on any atom is 0.573 e. The minimum Gasteiger partial charge on any atom is -0.496 e. The molecular formula is C21H24F3N3O3. The number of nitrogens with zero attached hydrogens (tertiary/aromatic N) is 2. The second-order valence-electron chi connectivity index (χ2n) is 6.98. The Hall–Kier alpha value is -2.78. The van der Waals surface area contributed by atoms with Crippen molar-refractivity contribution >= 4 is 11.6 Å². The highest BCUT2D eigenvalue weighted by molar-refractivity contribution is 5.92. The fourth-order valence-corrected chi connectivity index (χ4v) is 3.32. The standard InChI is InChI=1S/C21H24F3N3O3/c1-29-19-5-3-2-4-16(19)14-26-10-12-27(13-11-26)15-20(28)25-17-6-8-18(9-7-17)30-21(22,23)24/h2-9H,10-15H2,1H3,(H,25,28). The molecule has 1 amide bonds. The fraction of sp³-hybridized carbons (Fsp3) is 0.381. The van der Waals surface area contributed by atoms with E-state index in [1.54, 1.807) is 7.11 Å². The first-order chi connectivity index (χ1) is 14.3. The van der Waals surface area contributed by atoms with Gasteiger partial charge in [-0.1, -0.05) is 18.2 Å². The number of rotatable bonds is 7. The Morgan fingerprint density at radius 1 is 1.00 bits per heavy atom. The van der Waals surface area contributed by atoms with Gasteiger partial charge in [0.2, 0.25) is 5.91 Å². The Morgan fingerprint density at radius 2 is 1.63 bits per heavy atom. The maximum absolute atomic E-state index is 12.3. The van der Waals surface area contributed by atoms with Gasteiger partial charge in [0, 0.05) is 44.0 Å². The molecule has 0 radical (unpaired) electrons. The molecule has 162 valence electrons. The van der Waals surface area contributed by atoms with E-state index in [1.165, 1.54) is 24.3 Å². The van der Waals surface area contributed by atoms with E-state index in [2.05, 4.69) is 19.9 Å². The summed E-state index contributed by atoms with van der Waals surface area (Å²) in [5.41, 5.74) is 1.55. The number of benzene rings is 2. The third-order valence-corrected chi connectivity index (χ3v) is 4.79. The topological polar surface area (TPSA) is 54.0 Å². The number of hydrogen-bond donors (Lipinski definition) is 1. The smallest absolute Gasteiger partial charge is 0.496 e. The van der Waals surface area contributed by atoms with Crippen LogP contribution in [0.2, 0.25) is 0 Å². The number of alkyl halides is 3. The Labute approximate surface area is 173 Å². The van der Waals surface area contributed by atoms with Gasteiger partial charge < -0.3 is 14.8 Å². The van der Waals surface area contributed by atoms with E-state index in [0.717, 1.165) is 44.0 Å². The molecule has 0 bridgehead atoms. The molecule has 1 aliphatic heterocycles. The van der Waals surface area contributed by atoms with E-state index in [-0.39, 0.29) is 18.2 Å². The molecule has 9 heteroatoms. The molecule has 1 heterocycles. The van der Waals surface area contributed by atoms with Crippen LogP contribution in [-0.2, 0) is 11.3 Å². The fourth-order valence-electron chi connectivity index (χ4n) is 3.32. The van der Waals surface area contributed by atoms with Gasteiger partial charge in [0.05, 0.1) is 13.7 Å². The summed E-state index contributed by atoms with van der Waals surface area (Å²) in [6.07, 6.45) is -4.74. The van der Waals surface area contributed by atoms with Crippen molar-refractivity contribution in [1.29, 1.82) is 0 Å². The highest BCUT2D eigenvalue weighted by atomic mass is 19.4. The first-order valence-electron chi connectivity index (χ1n) is 9.54. The number of anilines is 1. The number of carbonyl (C=O) groups is 1. The zero-order valence-electron chi connectivity index (χ0n) is 16.6. The number of amides is 1. The molecule has 0 atom stereocenters. The van der Waals surface area contributed by atoms with Crippen LogP contribution in [0, 0.1) is 0 Å². The van der Waals surface area contributed by atoms with Crippen molar-refractivity contribution in [3.8, 4) is 11.5 Å². The quantitative estimate of drug-likeness (QED) is 0.740. The minimum absolute atomic E-state index is 0.210. The molecule has 1 saturated heterocycles. The van der Waals surface area contributed by atoms with Gasteiger partial charge in [-0.15, -0.1) is 13.2 Å². The Balaban J connectivity index is 1.43. The molecule has 0 aliphatic carbocycles. The molecule has 0 aromatic heterocycles. The van der Waals surface area contributed by atoms with Gasteiger partial charge in [-0.3, -0.25) is 14.6 Å². The van der Waals surface area contributed by atoms with Crippen molar-refractivity contribution in [3.63, 3.8) is 0 Å². The number of methoxy groups -OCH3 is 1. The summed E-state index contributed by atoms with van der Waals surface area (Å²) in [6.45, 7) is 4.17. The summed E-state index contributed by atoms with van der Waals surface area (Å²) >= 11 is 0. The first-order valence-corrected chi connectivity index (χ1v) is 9.54. The van der Waals surface area contributed by atoms with Crippen molar-refractivity contribution in [2.45, 2.75) is 12.9 Å². The highest BCUT2D eigenvalue weighted by Gasteiger charge is 2.31. The zero-order valence-corrected chi connectivity index (χ0v) is 16.6. The molecule has 1 fully saturated rings. The number of para-hydroxylation sites is 1. The lowest BCUT2D eigenvalue weighted by molar-refractivity contribution is -0.274. The number of halogens is 3. The van der Waals surface area contributed by atoms with Crippen LogP contribution >= 0.6 is 0 Å². The van der Waals surface area contributed by atoms with E-state index >= 15 is 0 Å². The van der Waals surface area contributed by atoms with Crippen molar-refractivity contribution in [2.75, 3.05) is 45.2 Å². The van der Waals surface area contributed by atoms with E-state index in [9.17, 15) is 18.0 Å². The Bertz CT molecular complexity index is 835. The number of ether oxygens (including phenoxy) is 2. The van der Waals surface area contributed by atoms with Gasteiger partial charge in [0.15, 0.2) is 0 Å². The lowest BCUT2D eigenvalue weighted by Crippen LogP contribution is -2.48. The van der Waals surface area contributed by atoms with Gasteiger partial charge in [0.1, 0.15) is 11.5 Å². The van der Waals surface area contributed by atoms with Gasteiger partial charge >= 0.3 is 6.36 Å². The van der Waals surface area contributed by atoms with Crippen LogP contribution in [0.5, 0.6) is 11.5 Å². The largest absolute Gasteiger partial charge is 0.573 e. The van der Waals surface area contributed by atoms with Gasteiger partial charge in [0.25, 0.3) is 0 Å². The normalized spacial score (nSPS) is 15.6. The Kier molecular flexibility index (Phi) is 7.17. The number of hydrogen-bond acceptors (Lipinski definition) is 5. The molecule has 30 heavy (non-hydrogen) atoms. The van der Waals surface area contributed by atoms with E-state index < -0.39 is 6.36 Å². The maximum atomic E-state index is 12.3. The molecule has 0 spiro atoms. The van der Waals surface area contributed by atoms with Crippen LogP contribution in [0.15, 0.2) is 48.5 Å². The van der Waals surface area contributed by atoms with Crippen LogP contribution in [0.25, 0.3) is 0 Å². The predicted molar refractivity (Wildman–Crippen MR) is 106 cm³/mol. The van der Waals surface area contributed by atoms with Gasteiger partial charge in [-0.2, -0.15) is 0 Å². The molecule has 2 aromatic rings. The minimum atomic E-state index is -4.74. The highest BCUT2D eigenvalue weighted by Crippen LogP contribution is 2.24. The molecular weight excluding hydrogens is 399 g/mol. The van der Waals surface area contributed by atoms with Gasteiger partial charge in [-0.25, -0.2) is 0 Å². The van der Waals surface area contributed by atoms with Crippen LogP contribution in [-0.4, -0.2) is 61.9 Å². The SMILES string of the molecule is COc1ccccc1CN1CCN(CC(=O)Nc2ccc(OC(F)(F)F)cc2)CC1.